The van der Waals surface area contributed by atoms with Gasteiger partial charge in [0, 0.05) is 11.1 Å². The smallest absolute Gasteiger partial charge is 0.251 e. The van der Waals surface area contributed by atoms with Gasteiger partial charge in [-0.05, 0) is 44.0 Å². The minimum Gasteiger partial charge on any atom is -0.347 e. The van der Waals surface area contributed by atoms with Crippen LogP contribution >= 0.6 is 0 Å². The largest absolute Gasteiger partial charge is 0.347 e. The van der Waals surface area contributed by atoms with E-state index >= 15 is 0 Å². The van der Waals surface area contributed by atoms with Crippen molar-refractivity contribution in [3.05, 3.63) is 35.6 Å². The minimum absolute atomic E-state index is 0.0935. The van der Waals surface area contributed by atoms with Crippen LogP contribution in [0.3, 0.4) is 0 Å². The summed E-state index contributed by atoms with van der Waals surface area (Å²) < 4.78 is 12.8. The second-order valence-corrected chi connectivity index (χ2v) is 5.08. The summed E-state index contributed by atoms with van der Waals surface area (Å²) in [4.78, 5) is 12.0. The maximum atomic E-state index is 12.8. The Bertz CT molecular complexity index is 393. The van der Waals surface area contributed by atoms with E-state index in [4.69, 9.17) is 0 Å². The van der Waals surface area contributed by atoms with E-state index in [2.05, 4.69) is 12.2 Å². The zero-order chi connectivity index (χ0) is 12.3. The molecular formula is C14H18FNO. The third kappa shape index (κ3) is 3.05. The van der Waals surface area contributed by atoms with E-state index < -0.39 is 0 Å². The Balaban J connectivity index is 2.03. The molecule has 0 bridgehead atoms. The lowest BCUT2D eigenvalue weighted by atomic mass is 9.83. The van der Waals surface area contributed by atoms with Crippen LogP contribution in [0.15, 0.2) is 24.3 Å². The van der Waals surface area contributed by atoms with Gasteiger partial charge < -0.3 is 5.32 Å². The van der Waals surface area contributed by atoms with E-state index in [-0.39, 0.29) is 17.3 Å². The molecule has 1 aliphatic rings. The zero-order valence-corrected chi connectivity index (χ0v) is 10.1. The number of benzene rings is 1. The highest BCUT2D eigenvalue weighted by Gasteiger charge is 2.28. The lowest BCUT2D eigenvalue weighted by Crippen LogP contribution is -2.47. The van der Waals surface area contributed by atoms with Crippen LogP contribution in [0.4, 0.5) is 4.39 Å². The molecule has 1 N–H and O–H groups in total. The van der Waals surface area contributed by atoms with Crippen LogP contribution in [0.1, 0.15) is 49.4 Å². The van der Waals surface area contributed by atoms with Crippen LogP contribution in [-0.4, -0.2) is 11.4 Å². The van der Waals surface area contributed by atoms with Crippen LogP contribution in [0.25, 0.3) is 0 Å². The molecule has 2 nitrogen and oxygen atoms in total. The van der Waals surface area contributed by atoms with Crippen LogP contribution in [-0.2, 0) is 0 Å². The Labute approximate surface area is 101 Å². The molecule has 0 heterocycles. The first-order valence-corrected chi connectivity index (χ1v) is 6.17. The van der Waals surface area contributed by atoms with Crippen molar-refractivity contribution in [3.63, 3.8) is 0 Å². The fraction of sp³-hybridized carbons (Fsp3) is 0.500. The summed E-state index contributed by atoms with van der Waals surface area (Å²) in [5, 5.41) is 3.07. The van der Waals surface area contributed by atoms with Crippen molar-refractivity contribution >= 4 is 5.91 Å². The predicted molar refractivity (Wildman–Crippen MR) is 65.4 cm³/mol. The van der Waals surface area contributed by atoms with Crippen LogP contribution in [0, 0.1) is 5.82 Å². The fourth-order valence-electron chi connectivity index (χ4n) is 2.40. The van der Waals surface area contributed by atoms with Crippen LogP contribution < -0.4 is 5.32 Å². The number of carbonyl (C=O) groups excluding carboxylic acids is 1. The van der Waals surface area contributed by atoms with Crippen molar-refractivity contribution in [2.24, 2.45) is 0 Å². The summed E-state index contributed by atoms with van der Waals surface area (Å²) in [7, 11) is 0. The highest BCUT2D eigenvalue weighted by Crippen LogP contribution is 2.27. The average molecular weight is 235 g/mol. The number of carbonyl (C=O) groups is 1. The highest BCUT2D eigenvalue weighted by molar-refractivity contribution is 5.94. The van der Waals surface area contributed by atoms with Gasteiger partial charge in [-0.25, -0.2) is 4.39 Å². The predicted octanol–water partition coefficient (Wildman–Crippen LogP) is 3.28. The highest BCUT2D eigenvalue weighted by atomic mass is 19.1. The molecule has 1 amide bonds. The molecule has 1 aromatic rings. The van der Waals surface area contributed by atoms with Crippen molar-refractivity contribution in [2.75, 3.05) is 0 Å². The van der Waals surface area contributed by atoms with E-state index in [1.165, 1.54) is 43.5 Å². The Morgan fingerprint density at radius 2 is 1.76 bits per heavy atom. The molecule has 3 heteroatoms. The van der Waals surface area contributed by atoms with Crippen LogP contribution in [0.5, 0.6) is 0 Å². The molecule has 1 aliphatic carbocycles. The molecule has 2 rings (SSSR count). The molecule has 92 valence electrons. The van der Waals surface area contributed by atoms with Gasteiger partial charge in [-0.2, -0.15) is 0 Å². The maximum Gasteiger partial charge on any atom is 0.251 e. The van der Waals surface area contributed by atoms with Crippen molar-refractivity contribution in [1.82, 2.24) is 5.32 Å². The zero-order valence-electron chi connectivity index (χ0n) is 10.1. The standard InChI is InChI=1S/C14H18FNO/c1-14(9-3-2-4-10-14)16-13(17)11-5-7-12(15)8-6-11/h5-8H,2-4,9-10H2,1H3,(H,16,17). The molecule has 0 saturated heterocycles. The number of halogens is 1. The molecule has 17 heavy (non-hydrogen) atoms. The normalized spacial score (nSPS) is 18.7. The number of hydrogen-bond donors (Lipinski definition) is 1. The summed E-state index contributed by atoms with van der Waals surface area (Å²) >= 11 is 0. The SMILES string of the molecule is CC1(NC(=O)c2ccc(F)cc2)CCCCC1. The average Bonchev–Trinajstić information content (AvgIpc) is 2.30. The molecule has 0 aromatic heterocycles. The Kier molecular flexibility index (Phi) is 3.46. The van der Waals surface area contributed by atoms with Gasteiger partial charge >= 0.3 is 0 Å². The number of rotatable bonds is 2. The molecule has 0 atom stereocenters. The van der Waals surface area contributed by atoms with Crippen molar-refractivity contribution in [1.29, 1.82) is 0 Å². The topological polar surface area (TPSA) is 29.1 Å². The van der Waals surface area contributed by atoms with Gasteiger partial charge in [0.05, 0.1) is 0 Å². The summed E-state index contributed by atoms with van der Waals surface area (Å²) in [5.74, 6) is -0.417. The van der Waals surface area contributed by atoms with Gasteiger partial charge in [-0.15, -0.1) is 0 Å². The summed E-state index contributed by atoms with van der Waals surface area (Å²) in [5.41, 5.74) is 0.433. The first-order chi connectivity index (χ1) is 8.09. The van der Waals surface area contributed by atoms with Gasteiger partial charge in [-0.3, -0.25) is 4.79 Å². The van der Waals surface area contributed by atoms with Gasteiger partial charge in [0.25, 0.3) is 5.91 Å². The maximum absolute atomic E-state index is 12.8. The first-order valence-electron chi connectivity index (χ1n) is 6.17. The lowest BCUT2D eigenvalue weighted by molar-refractivity contribution is 0.0882. The lowest BCUT2D eigenvalue weighted by Gasteiger charge is -2.34. The molecular weight excluding hydrogens is 217 g/mol. The van der Waals surface area contributed by atoms with Crippen molar-refractivity contribution < 1.29 is 9.18 Å². The Hall–Kier alpha value is -1.38. The van der Waals surface area contributed by atoms with Gasteiger partial charge in [-0.1, -0.05) is 19.3 Å². The number of amides is 1. The first kappa shape index (κ1) is 12.1. The molecule has 0 radical (unpaired) electrons. The fourth-order valence-corrected chi connectivity index (χ4v) is 2.40. The third-order valence-corrected chi connectivity index (χ3v) is 3.48. The molecule has 1 saturated carbocycles. The van der Waals surface area contributed by atoms with Crippen molar-refractivity contribution in [3.8, 4) is 0 Å². The van der Waals surface area contributed by atoms with Gasteiger partial charge in [0.15, 0.2) is 0 Å². The van der Waals surface area contributed by atoms with Crippen molar-refractivity contribution in [2.45, 2.75) is 44.6 Å². The monoisotopic (exact) mass is 235 g/mol. The second-order valence-electron chi connectivity index (χ2n) is 5.08. The van der Waals surface area contributed by atoms with Gasteiger partial charge in [0.1, 0.15) is 5.82 Å². The summed E-state index contributed by atoms with van der Waals surface area (Å²) in [6, 6.07) is 5.68. The summed E-state index contributed by atoms with van der Waals surface area (Å²) in [6.07, 6.45) is 5.64. The van der Waals surface area contributed by atoms with E-state index in [0.717, 1.165) is 12.8 Å². The van der Waals surface area contributed by atoms with E-state index in [0.29, 0.717) is 5.56 Å². The Morgan fingerprint density at radius 1 is 1.18 bits per heavy atom. The quantitative estimate of drug-likeness (QED) is 0.837. The number of nitrogens with one attached hydrogen (secondary N) is 1. The third-order valence-electron chi connectivity index (χ3n) is 3.48. The van der Waals surface area contributed by atoms with E-state index in [1.54, 1.807) is 0 Å². The molecule has 0 spiro atoms. The molecule has 0 unspecified atom stereocenters. The summed E-state index contributed by atoms with van der Waals surface area (Å²) in [6.45, 7) is 2.09. The number of hydrogen-bond acceptors (Lipinski definition) is 1. The Morgan fingerprint density at radius 3 is 2.35 bits per heavy atom. The molecule has 0 aliphatic heterocycles. The van der Waals surface area contributed by atoms with E-state index in [9.17, 15) is 9.18 Å². The molecule has 1 fully saturated rings. The van der Waals surface area contributed by atoms with Crippen LogP contribution in [0.2, 0.25) is 0 Å². The second kappa shape index (κ2) is 4.86. The molecule has 1 aromatic carbocycles. The van der Waals surface area contributed by atoms with E-state index in [1.807, 2.05) is 0 Å². The van der Waals surface area contributed by atoms with Gasteiger partial charge in [0.2, 0.25) is 0 Å². The minimum atomic E-state index is -0.314.